The molecular weight excluding hydrogens is 332 g/mol. The molecular formula is C20H30N2O2S. The molecule has 2 heterocycles. The molecule has 1 saturated carbocycles. The number of benzene rings is 1. The van der Waals surface area contributed by atoms with E-state index in [-0.39, 0.29) is 11.5 Å². The summed E-state index contributed by atoms with van der Waals surface area (Å²) in [5.41, 5.74) is 2.74. The third-order valence-electron chi connectivity index (χ3n) is 6.32. The van der Waals surface area contributed by atoms with Crippen LogP contribution in [0.15, 0.2) is 23.1 Å². The predicted octanol–water partition coefficient (Wildman–Crippen LogP) is 3.61. The number of hydrogen-bond donors (Lipinski definition) is 0. The average Bonchev–Trinajstić information content (AvgIpc) is 3.05. The molecule has 1 atom stereocenters. The topological polar surface area (TPSA) is 40.6 Å². The predicted molar refractivity (Wildman–Crippen MR) is 99.6 cm³/mol. The first kappa shape index (κ1) is 17.5. The Bertz CT molecular complexity index is 768. The van der Waals surface area contributed by atoms with Crippen LogP contribution in [0.2, 0.25) is 0 Å². The summed E-state index contributed by atoms with van der Waals surface area (Å²) in [4.78, 5) is 2.90. The third-order valence-corrected chi connectivity index (χ3v) is 8.28. The second-order valence-electron chi connectivity index (χ2n) is 8.95. The molecule has 3 aliphatic rings. The quantitative estimate of drug-likeness (QED) is 0.821. The van der Waals surface area contributed by atoms with Crippen molar-refractivity contribution in [1.82, 2.24) is 9.21 Å². The molecule has 1 aliphatic carbocycles. The fraction of sp³-hybridized carbons (Fsp3) is 0.700. The molecule has 0 amide bonds. The molecule has 2 aliphatic heterocycles. The minimum absolute atomic E-state index is 0.121. The SMILES string of the molecule is CC(C)CN1Cc2ccc(S(=O)(=O)N3CC4(CCC4)CC3C)cc2C1. The van der Waals surface area contributed by atoms with Crippen molar-refractivity contribution in [2.75, 3.05) is 13.1 Å². The highest BCUT2D eigenvalue weighted by molar-refractivity contribution is 7.89. The standard InChI is InChI=1S/C20H30N2O2S/c1-15(2)11-21-12-17-5-6-19(9-18(17)13-21)25(23,24)22-14-20(7-4-8-20)10-16(22)3/h5-6,9,15-16H,4,7-8,10-14H2,1-3H3. The van der Waals surface area contributed by atoms with Gasteiger partial charge in [-0.1, -0.05) is 26.3 Å². The van der Waals surface area contributed by atoms with Crippen LogP contribution in [-0.4, -0.2) is 36.8 Å². The summed E-state index contributed by atoms with van der Waals surface area (Å²) >= 11 is 0. The smallest absolute Gasteiger partial charge is 0.243 e. The second-order valence-corrected chi connectivity index (χ2v) is 10.8. The summed E-state index contributed by atoms with van der Waals surface area (Å²) in [6.45, 7) is 10.1. The van der Waals surface area contributed by atoms with Gasteiger partial charge in [0.25, 0.3) is 0 Å². The second kappa shape index (κ2) is 6.07. The Hall–Kier alpha value is -0.910. The van der Waals surface area contributed by atoms with Crippen LogP contribution in [0.4, 0.5) is 0 Å². The van der Waals surface area contributed by atoms with Gasteiger partial charge in [-0.05, 0) is 60.8 Å². The van der Waals surface area contributed by atoms with Crippen molar-refractivity contribution in [3.05, 3.63) is 29.3 Å². The maximum absolute atomic E-state index is 13.2. The van der Waals surface area contributed by atoms with E-state index >= 15 is 0 Å². The first-order valence-corrected chi connectivity index (χ1v) is 11.1. The van der Waals surface area contributed by atoms with E-state index in [1.807, 2.05) is 18.2 Å². The first-order chi connectivity index (χ1) is 11.8. The molecule has 4 rings (SSSR count). The van der Waals surface area contributed by atoms with Crippen molar-refractivity contribution in [1.29, 1.82) is 0 Å². The van der Waals surface area contributed by atoms with Gasteiger partial charge in [-0.25, -0.2) is 8.42 Å². The van der Waals surface area contributed by atoms with Crippen molar-refractivity contribution in [2.45, 2.75) is 70.5 Å². The molecule has 2 fully saturated rings. The summed E-state index contributed by atoms with van der Waals surface area (Å²) in [7, 11) is -3.38. The zero-order valence-corrected chi connectivity index (χ0v) is 16.5. The molecule has 1 aromatic carbocycles. The van der Waals surface area contributed by atoms with Crippen LogP contribution in [0.3, 0.4) is 0 Å². The summed E-state index contributed by atoms with van der Waals surface area (Å²) < 4.78 is 28.3. The number of hydrogen-bond acceptors (Lipinski definition) is 3. The lowest BCUT2D eigenvalue weighted by molar-refractivity contribution is 0.152. The van der Waals surface area contributed by atoms with E-state index in [1.165, 1.54) is 30.4 Å². The van der Waals surface area contributed by atoms with E-state index in [0.717, 1.165) is 26.1 Å². The molecule has 0 radical (unpaired) electrons. The molecule has 0 aromatic heterocycles. The molecule has 138 valence electrons. The lowest BCUT2D eigenvalue weighted by Crippen LogP contribution is -2.37. The van der Waals surface area contributed by atoms with Crippen LogP contribution >= 0.6 is 0 Å². The largest absolute Gasteiger partial charge is 0.295 e. The minimum Gasteiger partial charge on any atom is -0.295 e. The van der Waals surface area contributed by atoms with Gasteiger partial charge in [0.15, 0.2) is 0 Å². The maximum Gasteiger partial charge on any atom is 0.243 e. The fourth-order valence-corrected chi connectivity index (χ4v) is 6.82. The normalized spacial score (nSPS) is 26.3. The Labute approximate surface area is 152 Å². The van der Waals surface area contributed by atoms with Crippen molar-refractivity contribution in [3.8, 4) is 0 Å². The number of rotatable bonds is 4. The van der Waals surface area contributed by atoms with Crippen LogP contribution < -0.4 is 0 Å². The number of sulfonamides is 1. The zero-order valence-electron chi connectivity index (χ0n) is 15.7. The average molecular weight is 363 g/mol. The van der Waals surface area contributed by atoms with Crippen molar-refractivity contribution >= 4 is 10.0 Å². The highest BCUT2D eigenvalue weighted by Gasteiger charge is 2.50. The van der Waals surface area contributed by atoms with Gasteiger partial charge in [0.1, 0.15) is 0 Å². The summed E-state index contributed by atoms with van der Waals surface area (Å²) in [5, 5.41) is 0. The van der Waals surface area contributed by atoms with Crippen LogP contribution in [0, 0.1) is 11.3 Å². The number of nitrogens with zero attached hydrogens (tertiary/aromatic N) is 2. The summed E-state index contributed by atoms with van der Waals surface area (Å²) in [6, 6.07) is 5.91. The Morgan fingerprint density at radius 3 is 2.52 bits per heavy atom. The molecule has 25 heavy (non-hydrogen) atoms. The van der Waals surface area contributed by atoms with Crippen LogP contribution in [0.1, 0.15) is 57.6 Å². The molecule has 0 N–H and O–H groups in total. The van der Waals surface area contributed by atoms with E-state index in [9.17, 15) is 8.42 Å². The third kappa shape index (κ3) is 3.04. The Kier molecular flexibility index (Phi) is 4.25. The van der Waals surface area contributed by atoms with Gasteiger partial charge in [-0.15, -0.1) is 0 Å². The van der Waals surface area contributed by atoms with Gasteiger partial charge in [-0.3, -0.25) is 4.90 Å². The van der Waals surface area contributed by atoms with E-state index in [1.54, 1.807) is 4.31 Å². The molecule has 0 bridgehead atoms. The van der Waals surface area contributed by atoms with Crippen molar-refractivity contribution < 1.29 is 8.42 Å². The molecule has 4 nitrogen and oxygen atoms in total. The van der Waals surface area contributed by atoms with Gasteiger partial charge < -0.3 is 0 Å². The Morgan fingerprint density at radius 2 is 1.92 bits per heavy atom. The molecule has 1 aromatic rings. The van der Waals surface area contributed by atoms with Gasteiger partial charge in [0.05, 0.1) is 4.90 Å². The van der Waals surface area contributed by atoms with E-state index in [4.69, 9.17) is 0 Å². The van der Waals surface area contributed by atoms with Crippen molar-refractivity contribution in [2.24, 2.45) is 11.3 Å². The molecule has 5 heteroatoms. The monoisotopic (exact) mass is 362 g/mol. The van der Waals surface area contributed by atoms with Gasteiger partial charge in [0.2, 0.25) is 10.0 Å². The van der Waals surface area contributed by atoms with Gasteiger partial charge in [0, 0.05) is 32.2 Å². The summed E-state index contributed by atoms with van der Waals surface area (Å²) in [6.07, 6.45) is 4.67. The Balaban J connectivity index is 1.56. The van der Waals surface area contributed by atoms with E-state index in [2.05, 4.69) is 25.7 Å². The molecule has 1 spiro atoms. The highest BCUT2D eigenvalue weighted by atomic mass is 32.2. The van der Waals surface area contributed by atoms with Crippen LogP contribution in [0.25, 0.3) is 0 Å². The van der Waals surface area contributed by atoms with E-state index < -0.39 is 10.0 Å². The lowest BCUT2D eigenvalue weighted by Gasteiger charge is -2.38. The zero-order chi connectivity index (χ0) is 17.8. The Morgan fingerprint density at radius 1 is 1.20 bits per heavy atom. The lowest BCUT2D eigenvalue weighted by atomic mass is 9.68. The first-order valence-electron chi connectivity index (χ1n) is 9.65. The van der Waals surface area contributed by atoms with Crippen LogP contribution in [0.5, 0.6) is 0 Å². The molecule has 1 saturated heterocycles. The van der Waals surface area contributed by atoms with Gasteiger partial charge in [-0.2, -0.15) is 4.31 Å². The van der Waals surface area contributed by atoms with Gasteiger partial charge >= 0.3 is 0 Å². The highest BCUT2D eigenvalue weighted by Crippen LogP contribution is 2.51. The van der Waals surface area contributed by atoms with E-state index in [0.29, 0.717) is 17.4 Å². The van der Waals surface area contributed by atoms with Crippen molar-refractivity contribution in [3.63, 3.8) is 0 Å². The maximum atomic E-state index is 13.2. The number of fused-ring (bicyclic) bond motifs is 1. The summed E-state index contributed by atoms with van der Waals surface area (Å²) in [5.74, 6) is 0.627. The minimum atomic E-state index is -3.38. The van der Waals surface area contributed by atoms with Crippen LogP contribution in [-0.2, 0) is 23.1 Å². The fourth-order valence-electron chi connectivity index (χ4n) is 5.02. The molecule has 1 unspecified atom stereocenters.